The molecule has 0 unspecified atom stereocenters. The van der Waals surface area contributed by atoms with Gasteiger partial charge in [-0.2, -0.15) is 0 Å². The van der Waals surface area contributed by atoms with Crippen LogP contribution in [0, 0.1) is 11.6 Å². The lowest BCUT2D eigenvalue weighted by Crippen LogP contribution is -2.30. The maximum absolute atomic E-state index is 13.6. The van der Waals surface area contributed by atoms with E-state index < -0.39 is 27.4 Å². The normalized spacial score (nSPS) is 11.2. The first-order valence-electron chi connectivity index (χ1n) is 8.56. The molecule has 3 N–H and O–H groups in total. The summed E-state index contributed by atoms with van der Waals surface area (Å²) in [6.07, 6.45) is 3.00. The van der Waals surface area contributed by atoms with Crippen LogP contribution in [0.5, 0.6) is 0 Å². The van der Waals surface area contributed by atoms with E-state index in [9.17, 15) is 17.2 Å². The number of hydrogen-bond donors (Lipinski definition) is 3. The summed E-state index contributed by atoms with van der Waals surface area (Å²) >= 11 is 0. The van der Waals surface area contributed by atoms with Crippen LogP contribution in [0.1, 0.15) is 5.56 Å². The highest BCUT2D eigenvalue weighted by Crippen LogP contribution is 2.14. The van der Waals surface area contributed by atoms with E-state index in [0.717, 1.165) is 18.2 Å². The smallest absolute Gasteiger partial charge is 0.215 e. The molecule has 0 saturated heterocycles. The fraction of sp³-hybridized carbons (Fsp3) is 0.167. The molecule has 11 heteroatoms. The van der Waals surface area contributed by atoms with Crippen molar-refractivity contribution >= 4 is 27.5 Å². The molecule has 0 radical (unpaired) electrons. The van der Waals surface area contributed by atoms with Crippen molar-refractivity contribution in [3.63, 3.8) is 0 Å². The van der Waals surface area contributed by atoms with Gasteiger partial charge in [-0.25, -0.2) is 36.9 Å². The molecule has 0 fully saturated rings. The average molecular weight is 420 g/mol. The minimum atomic E-state index is -3.83. The number of hydrogen-bond acceptors (Lipinski definition) is 7. The summed E-state index contributed by atoms with van der Waals surface area (Å²) < 4.78 is 53.2. The summed E-state index contributed by atoms with van der Waals surface area (Å²) in [5, 5.41) is 5.97. The highest BCUT2D eigenvalue weighted by molar-refractivity contribution is 7.88. The van der Waals surface area contributed by atoms with E-state index in [1.807, 2.05) is 6.07 Å². The molecule has 0 bridgehead atoms. The van der Waals surface area contributed by atoms with Crippen molar-refractivity contribution in [1.29, 1.82) is 0 Å². The summed E-state index contributed by atoms with van der Waals surface area (Å²) in [5.74, 6) is -0.505. The van der Waals surface area contributed by atoms with Crippen molar-refractivity contribution in [3.8, 4) is 0 Å². The van der Waals surface area contributed by atoms with Gasteiger partial charge in [-0.1, -0.05) is 6.07 Å². The van der Waals surface area contributed by atoms with Gasteiger partial charge in [0, 0.05) is 30.9 Å². The molecular weight excluding hydrogens is 402 g/mol. The molecule has 0 amide bonds. The van der Waals surface area contributed by atoms with Crippen LogP contribution in [0.4, 0.5) is 26.2 Å². The third-order valence-corrected chi connectivity index (χ3v) is 5.03. The summed E-state index contributed by atoms with van der Waals surface area (Å²) in [6, 6.07) is 9.74. The first-order chi connectivity index (χ1) is 13.9. The van der Waals surface area contributed by atoms with Gasteiger partial charge in [0.15, 0.2) is 0 Å². The van der Waals surface area contributed by atoms with Crippen LogP contribution in [0.3, 0.4) is 0 Å². The van der Waals surface area contributed by atoms with E-state index in [2.05, 4.69) is 30.3 Å². The molecule has 2 aromatic heterocycles. The predicted octanol–water partition coefficient (Wildman–Crippen LogP) is 2.42. The van der Waals surface area contributed by atoms with E-state index in [1.165, 1.54) is 6.33 Å². The minimum Gasteiger partial charge on any atom is -0.369 e. The highest BCUT2D eigenvalue weighted by Gasteiger charge is 2.15. The molecule has 0 aliphatic rings. The number of benzene rings is 1. The summed E-state index contributed by atoms with van der Waals surface area (Å²) in [5.41, 5.74) is -0.230. The van der Waals surface area contributed by atoms with Gasteiger partial charge in [-0.05, 0) is 30.3 Å². The number of pyridine rings is 1. The molecular formula is C18H18F2N6O2S. The lowest BCUT2D eigenvalue weighted by Gasteiger charge is -2.10. The fourth-order valence-electron chi connectivity index (χ4n) is 2.40. The van der Waals surface area contributed by atoms with Gasteiger partial charge in [-0.3, -0.25) is 0 Å². The van der Waals surface area contributed by atoms with Gasteiger partial charge in [0.25, 0.3) is 0 Å². The zero-order chi connectivity index (χ0) is 20.7. The number of rotatable bonds is 9. The molecule has 29 heavy (non-hydrogen) atoms. The van der Waals surface area contributed by atoms with Crippen molar-refractivity contribution in [1.82, 2.24) is 19.7 Å². The Morgan fingerprint density at radius 2 is 1.72 bits per heavy atom. The van der Waals surface area contributed by atoms with Gasteiger partial charge >= 0.3 is 0 Å². The zero-order valence-corrected chi connectivity index (χ0v) is 16.0. The van der Waals surface area contributed by atoms with Crippen LogP contribution < -0.4 is 15.4 Å². The second-order valence-corrected chi connectivity index (χ2v) is 7.75. The third-order valence-electron chi connectivity index (χ3n) is 3.69. The first kappa shape index (κ1) is 20.6. The van der Waals surface area contributed by atoms with E-state index in [-0.39, 0.29) is 18.7 Å². The Kier molecular flexibility index (Phi) is 6.62. The minimum absolute atomic E-state index is 0.0340. The zero-order valence-electron chi connectivity index (χ0n) is 15.1. The second kappa shape index (κ2) is 9.34. The van der Waals surface area contributed by atoms with Crippen LogP contribution in [-0.2, 0) is 15.8 Å². The Morgan fingerprint density at radius 1 is 0.897 bits per heavy atom. The number of aromatic nitrogens is 3. The maximum Gasteiger partial charge on any atom is 0.215 e. The van der Waals surface area contributed by atoms with E-state index in [4.69, 9.17) is 0 Å². The van der Waals surface area contributed by atoms with E-state index in [1.54, 1.807) is 24.4 Å². The Balaban J connectivity index is 1.50. The van der Waals surface area contributed by atoms with Crippen LogP contribution >= 0.6 is 0 Å². The standard InChI is InChI=1S/C18H18F2N6O2S/c19-14-4-5-15(20)13(9-14)11-29(27,28)25-8-7-22-17-10-18(24-12-23-17)26-16-3-1-2-6-21-16/h1-6,9-10,12,25H,7-8,11H2,(H2,21,22,23,24,26). The third kappa shape index (κ3) is 6.43. The molecule has 0 atom stereocenters. The summed E-state index contributed by atoms with van der Waals surface area (Å²) in [4.78, 5) is 12.3. The average Bonchev–Trinajstić information content (AvgIpc) is 2.69. The Labute approximate surface area is 166 Å². The molecule has 152 valence electrons. The summed E-state index contributed by atoms with van der Waals surface area (Å²) in [6.45, 7) is 0.261. The van der Waals surface area contributed by atoms with Crippen LogP contribution in [0.25, 0.3) is 0 Å². The Morgan fingerprint density at radius 3 is 2.52 bits per heavy atom. The van der Waals surface area contributed by atoms with E-state index in [0.29, 0.717) is 17.5 Å². The Hall–Kier alpha value is -3.18. The molecule has 0 spiro atoms. The molecule has 3 rings (SSSR count). The van der Waals surface area contributed by atoms with Gasteiger partial charge in [0.05, 0.1) is 5.75 Å². The first-order valence-corrected chi connectivity index (χ1v) is 10.2. The quantitative estimate of drug-likeness (QED) is 0.456. The van der Waals surface area contributed by atoms with Crippen molar-refractivity contribution < 1.29 is 17.2 Å². The summed E-state index contributed by atoms with van der Waals surface area (Å²) in [7, 11) is -3.83. The fourth-order valence-corrected chi connectivity index (χ4v) is 3.54. The molecule has 0 aliphatic heterocycles. The number of sulfonamides is 1. The molecule has 1 aromatic carbocycles. The Bertz CT molecular complexity index is 1070. The van der Waals surface area contributed by atoms with Gasteiger partial charge < -0.3 is 10.6 Å². The van der Waals surface area contributed by atoms with Crippen LogP contribution in [0.2, 0.25) is 0 Å². The highest BCUT2D eigenvalue weighted by atomic mass is 32.2. The second-order valence-electron chi connectivity index (χ2n) is 5.94. The number of nitrogens with zero attached hydrogens (tertiary/aromatic N) is 3. The molecule has 8 nitrogen and oxygen atoms in total. The van der Waals surface area contributed by atoms with Gasteiger partial charge in [0.1, 0.15) is 35.4 Å². The van der Waals surface area contributed by atoms with Crippen molar-refractivity contribution in [3.05, 3.63) is 72.2 Å². The number of halogens is 2. The predicted molar refractivity (Wildman–Crippen MR) is 105 cm³/mol. The van der Waals surface area contributed by atoms with Crippen LogP contribution in [0.15, 0.2) is 55.0 Å². The molecule has 0 saturated carbocycles. The SMILES string of the molecule is O=S(=O)(Cc1cc(F)ccc1F)NCCNc1cc(Nc2ccccn2)ncn1. The monoisotopic (exact) mass is 420 g/mol. The number of nitrogens with one attached hydrogen (secondary N) is 3. The van der Waals surface area contributed by atoms with Gasteiger partial charge in [-0.15, -0.1) is 0 Å². The molecule has 0 aliphatic carbocycles. The number of anilines is 3. The van der Waals surface area contributed by atoms with Crippen molar-refractivity contribution in [2.24, 2.45) is 0 Å². The molecule has 2 heterocycles. The largest absolute Gasteiger partial charge is 0.369 e. The lowest BCUT2D eigenvalue weighted by atomic mass is 10.2. The topological polar surface area (TPSA) is 109 Å². The molecule has 3 aromatic rings. The van der Waals surface area contributed by atoms with Crippen molar-refractivity contribution in [2.75, 3.05) is 23.7 Å². The van der Waals surface area contributed by atoms with Gasteiger partial charge in [0.2, 0.25) is 10.0 Å². The van der Waals surface area contributed by atoms with Crippen molar-refractivity contribution in [2.45, 2.75) is 5.75 Å². The lowest BCUT2D eigenvalue weighted by molar-refractivity contribution is 0.571. The van der Waals surface area contributed by atoms with E-state index >= 15 is 0 Å². The maximum atomic E-state index is 13.6. The van der Waals surface area contributed by atoms with Crippen LogP contribution in [-0.4, -0.2) is 36.5 Å².